The molecule has 1 atom stereocenters. The molecule has 90 valence electrons. The van der Waals surface area contributed by atoms with Gasteiger partial charge in [0.2, 0.25) is 5.95 Å². The lowest BCUT2D eigenvalue weighted by Gasteiger charge is -2.25. The molecule has 0 aromatic carbocycles. The highest BCUT2D eigenvalue weighted by Gasteiger charge is 2.23. The van der Waals surface area contributed by atoms with Crippen LogP contribution in [0.4, 0.5) is 11.8 Å². The summed E-state index contributed by atoms with van der Waals surface area (Å²) in [6.45, 7) is 0. The maximum Gasteiger partial charge on any atom is 0.224 e. The number of H-pyrrole nitrogens is 1. The summed E-state index contributed by atoms with van der Waals surface area (Å²) >= 11 is 1.97. The Morgan fingerprint density at radius 1 is 1.53 bits per heavy atom. The molecule has 2 aromatic heterocycles. The van der Waals surface area contributed by atoms with Crippen LogP contribution in [0.15, 0.2) is 6.33 Å². The highest BCUT2D eigenvalue weighted by atomic mass is 32.2. The van der Waals surface area contributed by atoms with Gasteiger partial charge in [-0.05, 0) is 12.2 Å². The van der Waals surface area contributed by atoms with E-state index in [1.54, 1.807) is 6.33 Å². The van der Waals surface area contributed by atoms with Gasteiger partial charge in [-0.15, -0.1) is 0 Å². The van der Waals surface area contributed by atoms with Crippen LogP contribution in [0, 0.1) is 0 Å². The molecule has 7 heteroatoms. The van der Waals surface area contributed by atoms with Crippen molar-refractivity contribution in [2.75, 3.05) is 29.2 Å². The van der Waals surface area contributed by atoms with Gasteiger partial charge in [-0.3, -0.25) is 0 Å². The Kier molecular flexibility index (Phi) is 2.54. The number of fused-ring (bicyclic) bond motifs is 1. The number of thioether (sulfide) groups is 1. The molecule has 2 aromatic rings. The van der Waals surface area contributed by atoms with Crippen molar-refractivity contribution in [1.29, 1.82) is 0 Å². The van der Waals surface area contributed by atoms with E-state index < -0.39 is 0 Å². The zero-order valence-corrected chi connectivity index (χ0v) is 10.4. The molecule has 1 aliphatic heterocycles. The predicted molar refractivity (Wildman–Crippen MR) is 70.2 cm³/mol. The lowest BCUT2D eigenvalue weighted by Crippen LogP contribution is -2.32. The molecular formula is C10H14N6S. The molecule has 6 nitrogen and oxygen atoms in total. The number of hydrogen-bond donors (Lipinski definition) is 2. The van der Waals surface area contributed by atoms with Crippen LogP contribution in [-0.2, 0) is 0 Å². The summed E-state index contributed by atoms with van der Waals surface area (Å²) in [5, 5.41) is 0. The fraction of sp³-hybridized carbons (Fsp3) is 0.500. The second-order valence-electron chi connectivity index (χ2n) is 4.13. The molecule has 0 aliphatic carbocycles. The smallest absolute Gasteiger partial charge is 0.224 e. The van der Waals surface area contributed by atoms with Gasteiger partial charge in [0.15, 0.2) is 11.5 Å². The van der Waals surface area contributed by atoms with E-state index in [1.807, 2.05) is 11.8 Å². The van der Waals surface area contributed by atoms with Gasteiger partial charge in [0, 0.05) is 18.8 Å². The number of hydrogen-bond acceptors (Lipinski definition) is 6. The lowest BCUT2D eigenvalue weighted by molar-refractivity contribution is 0.693. The molecule has 3 rings (SSSR count). The topological polar surface area (TPSA) is 83.7 Å². The van der Waals surface area contributed by atoms with Crippen molar-refractivity contribution < 1.29 is 0 Å². The van der Waals surface area contributed by atoms with E-state index in [1.165, 1.54) is 12.2 Å². The van der Waals surface area contributed by atoms with Gasteiger partial charge < -0.3 is 15.6 Å². The van der Waals surface area contributed by atoms with Crippen molar-refractivity contribution in [2.45, 2.75) is 12.5 Å². The van der Waals surface area contributed by atoms with Crippen LogP contribution in [0.1, 0.15) is 6.42 Å². The van der Waals surface area contributed by atoms with E-state index in [2.05, 4.69) is 31.9 Å². The maximum absolute atomic E-state index is 5.71. The van der Waals surface area contributed by atoms with Gasteiger partial charge in [0.1, 0.15) is 5.52 Å². The van der Waals surface area contributed by atoms with Crippen molar-refractivity contribution in [1.82, 2.24) is 19.9 Å². The fourth-order valence-electron chi connectivity index (χ4n) is 2.09. The molecular weight excluding hydrogens is 236 g/mol. The van der Waals surface area contributed by atoms with Gasteiger partial charge >= 0.3 is 0 Å². The third-order valence-corrected chi connectivity index (χ3v) is 4.22. The zero-order valence-electron chi connectivity index (χ0n) is 9.55. The molecule has 1 unspecified atom stereocenters. The van der Waals surface area contributed by atoms with E-state index in [-0.39, 0.29) is 5.95 Å². The largest absolute Gasteiger partial charge is 0.368 e. The van der Waals surface area contributed by atoms with E-state index in [9.17, 15) is 0 Å². The Hall–Kier alpha value is -1.50. The van der Waals surface area contributed by atoms with Crippen LogP contribution in [0.5, 0.6) is 0 Å². The lowest BCUT2D eigenvalue weighted by atomic mass is 10.2. The van der Waals surface area contributed by atoms with Crippen molar-refractivity contribution in [2.24, 2.45) is 0 Å². The summed E-state index contributed by atoms with van der Waals surface area (Å²) in [5.41, 5.74) is 7.20. The summed E-state index contributed by atoms with van der Waals surface area (Å²) in [5.74, 6) is 3.46. The number of nitrogen functional groups attached to an aromatic ring is 1. The van der Waals surface area contributed by atoms with Gasteiger partial charge in [0.25, 0.3) is 0 Å². The maximum atomic E-state index is 5.71. The minimum atomic E-state index is 0.275. The van der Waals surface area contributed by atoms with Crippen LogP contribution in [0.3, 0.4) is 0 Å². The first-order chi connectivity index (χ1) is 8.25. The van der Waals surface area contributed by atoms with E-state index >= 15 is 0 Å². The molecule has 3 N–H and O–H groups in total. The summed E-state index contributed by atoms with van der Waals surface area (Å²) in [6.07, 6.45) is 2.81. The predicted octanol–water partition coefficient (Wildman–Crippen LogP) is 0.877. The van der Waals surface area contributed by atoms with Crippen molar-refractivity contribution in [3.8, 4) is 0 Å². The second-order valence-corrected chi connectivity index (χ2v) is 5.28. The molecule has 0 radical (unpaired) electrons. The summed E-state index contributed by atoms with van der Waals surface area (Å²) in [4.78, 5) is 17.8. The summed E-state index contributed by atoms with van der Waals surface area (Å²) in [6, 6.07) is 0.515. The number of aromatic amines is 1. The Bertz CT molecular complexity index is 533. The SMILES string of the molecule is CN(c1nc(N)nc2nc[nH]c12)C1CCSC1. The van der Waals surface area contributed by atoms with Crippen molar-refractivity contribution in [3.63, 3.8) is 0 Å². The van der Waals surface area contributed by atoms with Crippen molar-refractivity contribution >= 4 is 34.7 Å². The average Bonchev–Trinajstić information content (AvgIpc) is 2.97. The van der Waals surface area contributed by atoms with Crippen LogP contribution < -0.4 is 10.6 Å². The van der Waals surface area contributed by atoms with Gasteiger partial charge in [0.05, 0.1) is 6.33 Å². The normalized spacial score (nSPS) is 19.9. The minimum Gasteiger partial charge on any atom is -0.368 e. The first-order valence-corrected chi connectivity index (χ1v) is 6.68. The van der Waals surface area contributed by atoms with E-state index in [0.717, 1.165) is 17.1 Å². The van der Waals surface area contributed by atoms with Crippen LogP contribution in [0.25, 0.3) is 11.2 Å². The summed E-state index contributed by atoms with van der Waals surface area (Å²) in [7, 11) is 2.05. The monoisotopic (exact) mass is 250 g/mol. The molecule has 17 heavy (non-hydrogen) atoms. The van der Waals surface area contributed by atoms with Crippen LogP contribution >= 0.6 is 11.8 Å². The molecule has 1 aliphatic rings. The van der Waals surface area contributed by atoms with Gasteiger partial charge in [-0.1, -0.05) is 0 Å². The third kappa shape index (κ3) is 1.80. The van der Waals surface area contributed by atoms with Crippen molar-refractivity contribution in [3.05, 3.63) is 6.33 Å². The van der Waals surface area contributed by atoms with E-state index in [0.29, 0.717) is 11.7 Å². The number of imidazole rings is 1. The number of anilines is 2. The standard InChI is InChI=1S/C10H14N6S/c1-16(6-2-3-17-4-6)9-7-8(13-5-12-7)14-10(11)15-9/h5-6H,2-4H2,1H3,(H3,11,12,13,14,15). The average molecular weight is 250 g/mol. The summed E-state index contributed by atoms with van der Waals surface area (Å²) < 4.78 is 0. The molecule has 0 bridgehead atoms. The quantitative estimate of drug-likeness (QED) is 0.823. The first kappa shape index (κ1) is 10.6. The number of nitrogens with zero attached hydrogens (tertiary/aromatic N) is 4. The molecule has 0 spiro atoms. The Morgan fingerprint density at radius 2 is 2.41 bits per heavy atom. The number of nitrogens with two attached hydrogens (primary N) is 1. The highest BCUT2D eigenvalue weighted by Crippen LogP contribution is 2.28. The number of rotatable bonds is 2. The van der Waals surface area contributed by atoms with E-state index in [4.69, 9.17) is 5.73 Å². The molecule has 3 heterocycles. The molecule has 0 amide bonds. The third-order valence-electron chi connectivity index (χ3n) is 3.07. The number of aromatic nitrogens is 4. The fourth-order valence-corrected chi connectivity index (χ4v) is 3.36. The minimum absolute atomic E-state index is 0.275. The Morgan fingerprint density at radius 3 is 3.18 bits per heavy atom. The molecule has 0 saturated carbocycles. The second kappa shape index (κ2) is 4.06. The highest BCUT2D eigenvalue weighted by molar-refractivity contribution is 7.99. The van der Waals surface area contributed by atoms with Gasteiger partial charge in [-0.2, -0.15) is 21.7 Å². The Balaban J connectivity index is 2.05. The van der Waals surface area contributed by atoms with Gasteiger partial charge in [-0.25, -0.2) is 4.98 Å². The van der Waals surface area contributed by atoms with Crippen LogP contribution in [0.2, 0.25) is 0 Å². The zero-order chi connectivity index (χ0) is 11.8. The number of nitrogens with one attached hydrogen (secondary N) is 1. The Labute approximate surface area is 103 Å². The molecule has 1 saturated heterocycles. The van der Waals surface area contributed by atoms with Crippen LogP contribution in [-0.4, -0.2) is 44.5 Å². The molecule has 1 fully saturated rings. The first-order valence-electron chi connectivity index (χ1n) is 5.53.